The molecule has 0 saturated heterocycles. The fourth-order valence-electron chi connectivity index (χ4n) is 1.96. The van der Waals surface area contributed by atoms with Crippen LogP contribution in [0.5, 0.6) is 0 Å². The molecule has 19 heavy (non-hydrogen) atoms. The summed E-state index contributed by atoms with van der Waals surface area (Å²) in [6.45, 7) is -0.314. The first-order chi connectivity index (χ1) is 9.11. The van der Waals surface area contributed by atoms with Crippen molar-refractivity contribution in [3.8, 4) is 11.3 Å². The topological polar surface area (TPSA) is 55.1 Å². The summed E-state index contributed by atoms with van der Waals surface area (Å²) in [5.74, 6) is -1.04. The van der Waals surface area contributed by atoms with Crippen LogP contribution in [0.25, 0.3) is 11.3 Å². The lowest BCUT2D eigenvalue weighted by molar-refractivity contribution is 0.0689. The SMILES string of the molecule is Cn1nc(C(=O)O)cc1-c1ccc(CCCF)cc1. The number of rotatable bonds is 5. The minimum atomic E-state index is -1.04. The van der Waals surface area contributed by atoms with E-state index in [9.17, 15) is 9.18 Å². The van der Waals surface area contributed by atoms with E-state index < -0.39 is 5.97 Å². The van der Waals surface area contributed by atoms with Gasteiger partial charge in [0.15, 0.2) is 5.69 Å². The van der Waals surface area contributed by atoms with Crippen molar-refractivity contribution in [2.24, 2.45) is 7.05 Å². The van der Waals surface area contributed by atoms with Crippen molar-refractivity contribution in [1.29, 1.82) is 0 Å². The average molecular weight is 262 g/mol. The maximum Gasteiger partial charge on any atom is 0.356 e. The lowest BCUT2D eigenvalue weighted by Crippen LogP contribution is -1.99. The molecule has 5 heteroatoms. The number of carbonyl (C=O) groups is 1. The molecule has 1 N–H and O–H groups in total. The molecular weight excluding hydrogens is 247 g/mol. The van der Waals surface area contributed by atoms with E-state index >= 15 is 0 Å². The van der Waals surface area contributed by atoms with Crippen LogP contribution in [0, 0.1) is 0 Å². The van der Waals surface area contributed by atoms with Gasteiger partial charge in [0.2, 0.25) is 0 Å². The predicted octanol–water partition coefficient (Wildman–Crippen LogP) is 2.69. The van der Waals surface area contributed by atoms with E-state index in [-0.39, 0.29) is 12.4 Å². The predicted molar refractivity (Wildman–Crippen MR) is 69.9 cm³/mol. The molecule has 2 rings (SSSR count). The fourth-order valence-corrected chi connectivity index (χ4v) is 1.96. The summed E-state index contributed by atoms with van der Waals surface area (Å²) in [6.07, 6.45) is 1.23. The Morgan fingerprint density at radius 2 is 2.05 bits per heavy atom. The molecule has 1 aromatic carbocycles. The maximum atomic E-state index is 12.1. The lowest BCUT2D eigenvalue weighted by Gasteiger charge is -2.03. The average Bonchev–Trinajstić information content (AvgIpc) is 2.79. The van der Waals surface area contributed by atoms with Crippen LogP contribution < -0.4 is 0 Å². The van der Waals surface area contributed by atoms with Crippen molar-refractivity contribution in [3.63, 3.8) is 0 Å². The van der Waals surface area contributed by atoms with Gasteiger partial charge in [0.25, 0.3) is 0 Å². The Morgan fingerprint density at radius 1 is 1.37 bits per heavy atom. The fraction of sp³-hybridized carbons (Fsp3) is 0.286. The van der Waals surface area contributed by atoms with Gasteiger partial charge in [0.05, 0.1) is 12.4 Å². The minimum absolute atomic E-state index is 0.0269. The van der Waals surface area contributed by atoms with Crippen molar-refractivity contribution in [2.45, 2.75) is 12.8 Å². The van der Waals surface area contributed by atoms with E-state index in [0.717, 1.165) is 16.8 Å². The highest BCUT2D eigenvalue weighted by Crippen LogP contribution is 2.21. The largest absolute Gasteiger partial charge is 0.476 e. The van der Waals surface area contributed by atoms with Gasteiger partial charge in [-0.2, -0.15) is 5.10 Å². The highest BCUT2D eigenvalue weighted by atomic mass is 19.1. The second-order valence-corrected chi connectivity index (χ2v) is 4.33. The number of hydrogen-bond donors (Lipinski definition) is 1. The first-order valence-electron chi connectivity index (χ1n) is 6.04. The summed E-state index contributed by atoms with van der Waals surface area (Å²) in [5, 5.41) is 12.8. The minimum Gasteiger partial charge on any atom is -0.476 e. The number of aryl methyl sites for hydroxylation is 2. The molecule has 0 spiro atoms. The highest BCUT2D eigenvalue weighted by Gasteiger charge is 2.12. The second kappa shape index (κ2) is 5.65. The van der Waals surface area contributed by atoms with Gasteiger partial charge in [-0.15, -0.1) is 0 Å². The molecule has 0 aliphatic carbocycles. The quantitative estimate of drug-likeness (QED) is 0.901. The molecule has 0 amide bonds. The van der Waals surface area contributed by atoms with Crippen LogP contribution in [0.3, 0.4) is 0 Å². The zero-order valence-corrected chi connectivity index (χ0v) is 10.6. The van der Waals surface area contributed by atoms with Gasteiger partial charge in [-0.25, -0.2) is 4.79 Å². The number of aromatic carboxylic acids is 1. The molecule has 0 saturated carbocycles. The molecule has 0 bridgehead atoms. The van der Waals surface area contributed by atoms with E-state index in [0.29, 0.717) is 12.8 Å². The Balaban J connectivity index is 2.24. The van der Waals surface area contributed by atoms with Gasteiger partial charge in [-0.3, -0.25) is 9.07 Å². The molecule has 0 fully saturated rings. The van der Waals surface area contributed by atoms with Crippen molar-refractivity contribution in [3.05, 3.63) is 41.6 Å². The molecule has 0 radical (unpaired) electrons. The number of halogens is 1. The number of carboxylic acids is 1. The number of carboxylic acid groups (broad SMARTS) is 1. The molecule has 4 nitrogen and oxygen atoms in total. The summed E-state index contributed by atoms with van der Waals surface area (Å²) in [4.78, 5) is 10.9. The van der Waals surface area contributed by atoms with E-state index in [1.807, 2.05) is 24.3 Å². The molecular formula is C14H15FN2O2. The Bertz CT molecular complexity index is 576. The molecule has 0 atom stereocenters. The Morgan fingerprint density at radius 3 is 2.58 bits per heavy atom. The summed E-state index contributed by atoms with van der Waals surface area (Å²) < 4.78 is 13.6. The first kappa shape index (κ1) is 13.3. The van der Waals surface area contributed by atoms with Crippen molar-refractivity contribution >= 4 is 5.97 Å². The van der Waals surface area contributed by atoms with Gasteiger partial charge in [-0.1, -0.05) is 24.3 Å². The molecule has 1 heterocycles. The summed E-state index contributed by atoms with van der Waals surface area (Å²) >= 11 is 0. The second-order valence-electron chi connectivity index (χ2n) is 4.33. The van der Waals surface area contributed by atoms with Crippen LogP contribution in [0.2, 0.25) is 0 Å². The maximum absolute atomic E-state index is 12.1. The monoisotopic (exact) mass is 262 g/mol. The Labute approximate surface area is 110 Å². The van der Waals surface area contributed by atoms with E-state index in [4.69, 9.17) is 5.11 Å². The molecule has 2 aromatic rings. The lowest BCUT2D eigenvalue weighted by atomic mass is 10.1. The Kier molecular flexibility index (Phi) is 3.94. The summed E-state index contributed by atoms with van der Waals surface area (Å²) in [6, 6.07) is 9.20. The van der Waals surface area contributed by atoms with Crippen LogP contribution in [0.15, 0.2) is 30.3 Å². The van der Waals surface area contributed by atoms with Crippen molar-refractivity contribution < 1.29 is 14.3 Å². The van der Waals surface area contributed by atoms with Gasteiger partial charge >= 0.3 is 5.97 Å². The number of hydrogen-bond acceptors (Lipinski definition) is 2. The molecule has 0 unspecified atom stereocenters. The highest BCUT2D eigenvalue weighted by molar-refractivity contribution is 5.87. The number of alkyl halides is 1. The van der Waals surface area contributed by atoms with Gasteiger partial charge < -0.3 is 5.11 Å². The smallest absolute Gasteiger partial charge is 0.356 e. The van der Waals surface area contributed by atoms with Crippen LogP contribution in [-0.2, 0) is 13.5 Å². The van der Waals surface area contributed by atoms with Crippen LogP contribution >= 0.6 is 0 Å². The van der Waals surface area contributed by atoms with Crippen molar-refractivity contribution in [1.82, 2.24) is 9.78 Å². The molecule has 1 aromatic heterocycles. The zero-order chi connectivity index (χ0) is 13.8. The third-order valence-electron chi connectivity index (χ3n) is 2.95. The zero-order valence-electron chi connectivity index (χ0n) is 10.6. The third kappa shape index (κ3) is 2.99. The number of aromatic nitrogens is 2. The summed E-state index contributed by atoms with van der Waals surface area (Å²) in [5.41, 5.74) is 2.74. The van der Waals surface area contributed by atoms with E-state index in [1.54, 1.807) is 17.8 Å². The van der Waals surface area contributed by atoms with Gasteiger partial charge in [-0.05, 0) is 30.0 Å². The van der Waals surface area contributed by atoms with Gasteiger partial charge in [0, 0.05) is 7.05 Å². The van der Waals surface area contributed by atoms with Crippen molar-refractivity contribution in [2.75, 3.05) is 6.67 Å². The number of nitrogens with zero attached hydrogens (tertiary/aromatic N) is 2. The number of benzene rings is 1. The first-order valence-corrected chi connectivity index (χ1v) is 6.04. The third-order valence-corrected chi connectivity index (χ3v) is 2.95. The normalized spacial score (nSPS) is 10.6. The molecule has 0 aliphatic heterocycles. The molecule has 100 valence electrons. The Hall–Kier alpha value is -2.17. The van der Waals surface area contributed by atoms with Crippen LogP contribution in [0.4, 0.5) is 4.39 Å². The van der Waals surface area contributed by atoms with Gasteiger partial charge in [0.1, 0.15) is 0 Å². The molecule has 0 aliphatic rings. The van der Waals surface area contributed by atoms with E-state index in [2.05, 4.69) is 5.10 Å². The van der Waals surface area contributed by atoms with Crippen LogP contribution in [-0.4, -0.2) is 27.5 Å². The summed E-state index contributed by atoms with van der Waals surface area (Å²) in [7, 11) is 1.71. The standard InChI is InChI=1S/C14H15FN2O2/c1-17-13(9-12(16-17)14(18)19)11-6-4-10(5-7-11)3-2-8-15/h4-7,9H,2-3,8H2,1H3,(H,18,19). The van der Waals surface area contributed by atoms with E-state index in [1.165, 1.54) is 0 Å². The van der Waals surface area contributed by atoms with Crippen LogP contribution in [0.1, 0.15) is 22.5 Å².